The molecule has 1 amide bonds. The molecule has 3 rings (SSSR count). The Bertz CT molecular complexity index is 610. The maximum Gasteiger partial charge on any atom is 0.227 e. The Hall–Kier alpha value is -0.910. The Morgan fingerprint density at radius 3 is 2.80 bits per heavy atom. The standard InChI is InChI=1S/C20H29BrN2O2/c1-14-16(5-3-9-24)10-15(11-19(14)21)13-23(18-6-7-18)20(25)17-4-2-8-22-12-17/h10-11,17-18,22,24H,2-9,12-13H2,1H3/t17-/m1/s1. The van der Waals surface area contributed by atoms with Crippen molar-refractivity contribution in [3.05, 3.63) is 33.3 Å². The Morgan fingerprint density at radius 1 is 1.36 bits per heavy atom. The van der Waals surface area contributed by atoms with Gasteiger partial charge in [-0.2, -0.15) is 0 Å². The van der Waals surface area contributed by atoms with Crippen LogP contribution in [0.1, 0.15) is 48.8 Å². The van der Waals surface area contributed by atoms with Crippen molar-refractivity contribution in [3.8, 4) is 0 Å². The van der Waals surface area contributed by atoms with Crippen LogP contribution < -0.4 is 5.32 Å². The van der Waals surface area contributed by atoms with Crippen LogP contribution in [0.15, 0.2) is 16.6 Å². The van der Waals surface area contributed by atoms with Crippen LogP contribution in [0.5, 0.6) is 0 Å². The summed E-state index contributed by atoms with van der Waals surface area (Å²) in [7, 11) is 0. The molecule has 138 valence electrons. The van der Waals surface area contributed by atoms with Gasteiger partial charge in [0.15, 0.2) is 0 Å². The normalized spacial score (nSPS) is 20.5. The summed E-state index contributed by atoms with van der Waals surface area (Å²) in [5.74, 6) is 0.459. The van der Waals surface area contributed by atoms with E-state index < -0.39 is 0 Å². The number of aliphatic hydroxyl groups excluding tert-OH is 1. The van der Waals surface area contributed by atoms with Gasteiger partial charge in [0.1, 0.15) is 0 Å². The van der Waals surface area contributed by atoms with Crippen LogP contribution in [-0.4, -0.2) is 41.7 Å². The molecular weight excluding hydrogens is 380 g/mol. The van der Waals surface area contributed by atoms with Gasteiger partial charge in [0.2, 0.25) is 5.91 Å². The van der Waals surface area contributed by atoms with Gasteiger partial charge in [-0.1, -0.05) is 22.0 Å². The summed E-state index contributed by atoms with van der Waals surface area (Å²) < 4.78 is 1.10. The van der Waals surface area contributed by atoms with E-state index in [-0.39, 0.29) is 12.5 Å². The van der Waals surface area contributed by atoms with Crippen molar-refractivity contribution in [1.82, 2.24) is 10.2 Å². The Morgan fingerprint density at radius 2 is 2.16 bits per heavy atom. The summed E-state index contributed by atoms with van der Waals surface area (Å²) in [5, 5.41) is 12.5. The molecule has 25 heavy (non-hydrogen) atoms. The van der Waals surface area contributed by atoms with Gasteiger partial charge >= 0.3 is 0 Å². The zero-order valence-electron chi connectivity index (χ0n) is 15.1. The first-order chi connectivity index (χ1) is 12.1. The summed E-state index contributed by atoms with van der Waals surface area (Å²) in [4.78, 5) is 15.1. The summed E-state index contributed by atoms with van der Waals surface area (Å²) in [6, 6.07) is 4.80. The van der Waals surface area contributed by atoms with E-state index in [1.165, 1.54) is 16.7 Å². The fourth-order valence-corrected chi connectivity index (χ4v) is 4.23. The lowest BCUT2D eigenvalue weighted by atomic mass is 9.97. The number of halogens is 1. The molecule has 1 atom stereocenters. The smallest absolute Gasteiger partial charge is 0.227 e. The lowest BCUT2D eigenvalue weighted by Gasteiger charge is -2.30. The number of amides is 1. The molecule has 2 fully saturated rings. The molecule has 1 heterocycles. The second kappa shape index (κ2) is 8.65. The molecule has 1 saturated carbocycles. The van der Waals surface area contributed by atoms with Crippen molar-refractivity contribution >= 4 is 21.8 Å². The van der Waals surface area contributed by atoms with Gasteiger partial charge in [-0.25, -0.2) is 0 Å². The molecule has 0 unspecified atom stereocenters. The lowest BCUT2D eigenvalue weighted by Crippen LogP contribution is -2.43. The minimum Gasteiger partial charge on any atom is -0.396 e. The molecule has 2 aliphatic rings. The predicted octanol–water partition coefficient (Wildman–Crippen LogP) is 3.17. The van der Waals surface area contributed by atoms with Crippen LogP contribution in [0.4, 0.5) is 0 Å². The molecule has 0 bridgehead atoms. The predicted molar refractivity (Wildman–Crippen MR) is 103 cm³/mol. The van der Waals surface area contributed by atoms with Gasteiger partial charge in [-0.15, -0.1) is 0 Å². The average Bonchev–Trinajstić information content (AvgIpc) is 3.46. The number of aliphatic hydroxyl groups is 1. The summed E-state index contributed by atoms with van der Waals surface area (Å²) in [5.41, 5.74) is 3.69. The van der Waals surface area contributed by atoms with Crippen molar-refractivity contribution in [3.63, 3.8) is 0 Å². The topological polar surface area (TPSA) is 52.6 Å². The van der Waals surface area contributed by atoms with Gasteiger partial charge in [-0.05, 0) is 74.8 Å². The zero-order valence-corrected chi connectivity index (χ0v) is 16.6. The second-order valence-corrected chi connectivity index (χ2v) is 8.28. The first-order valence-corrected chi connectivity index (χ1v) is 10.3. The van der Waals surface area contributed by atoms with Crippen LogP contribution in [0.3, 0.4) is 0 Å². The van der Waals surface area contributed by atoms with E-state index >= 15 is 0 Å². The number of benzene rings is 1. The Labute approximate surface area is 159 Å². The number of aryl methyl sites for hydroxylation is 1. The molecule has 0 aromatic heterocycles. The monoisotopic (exact) mass is 408 g/mol. The minimum atomic E-state index is 0.136. The maximum atomic E-state index is 13.0. The molecule has 4 nitrogen and oxygen atoms in total. The third-order valence-corrected chi connectivity index (χ3v) is 6.21. The van der Waals surface area contributed by atoms with Crippen LogP contribution in [-0.2, 0) is 17.8 Å². The third-order valence-electron chi connectivity index (χ3n) is 5.39. The number of piperidine rings is 1. The van der Waals surface area contributed by atoms with Crippen molar-refractivity contribution < 1.29 is 9.90 Å². The van der Waals surface area contributed by atoms with Crippen molar-refractivity contribution in [2.45, 2.75) is 58.0 Å². The Balaban J connectivity index is 1.75. The number of carbonyl (C=O) groups is 1. The highest BCUT2D eigenvalue weighted by atomic mass is 79.9. The van der Waals surface area contributed by atoms with E-state index in [4.69, 9.17) is 5.11 Å². The van der Waals surface area contributed by atoms with Crippen molar-refractivity contribution in [2.24, 2.45) is 5.92 Å². The fourth-order valence-electron chi connectivity index (χ4n) is 3.69. The van der Waals surface area contributed by atoms with E-state index in [0.29, 0.717) is 18.5 Å². The molecule has 1 aromatic carbocycles. The summed E-state index contributed by atoms with van der Waals surface area (Å²) in [6.07, 6.45) is 6.02. The van der Waals surface area contributed by atoms with Gasteiger partial charge in [0.05, 0.1) is 5.92 Å². The van der Waals surface area contributed by atoms with E-state index in [1.807, 2.05) is 0 Å². The van der Waals surface area contributed by atoms with Gasteiger partial charge in [0.25, 0.3) is 0 Å². The van der Waals surface area contributed by atoms with Gasteiger partial charge in [0, 0.05) is 30.2 Å². The summed E-state index contributed by atoms with van der Waals surface area (Å²) >= 11 is 3.67. The second-order valence-electron chi connectivity index (χ2n) is 7.43. The first kappa shape index (κ1) is 18.9. The molecule has 1 aliphatic carbocycles. The average molecular weight is 409 g/mol. The molecule has 1 aromatic rings. The number of hydrogen-bond acceptors (Lipinski definition) is 3. The van der Waals surface area contributed by atoms with E-state index in [1.54, 1.807) is 0 Å². The number of carbonyl (C=O) groups excluding carboxylic acids is 1. The molecule has 0 spiro atoms. The van der Waals surface area contributed by atoms with E-state index in [2.05, 4.69) is 45.2 Å². The number of hydrogen-bond donors (Lipinski definition) is 2. The molecular formula is C20H29BrN2O2. The largest absolute Gasteiger partial charge is 0.396 e. The molecule has 5 heteroatoms. The summed E-state index contributed by atoms with van der Waals surface area (Å²) in [6.45, 7) is 4.87. The Kier molecular flexibility index (Phi) is 6.53. The van der Waals surface area contributed by atoms with Crippen molar-refractivity contribution in [1.29, 1.82) is 0 Å². The lowest BCUT2D eigenvalue weighted by molar-refractivity contribution is -0.137. The zero-order chi connectivity index (χ0) is 17.8. The van der Waals surface area contributed by atoms with E-state index in [0.717, 1.165) is 56.1 Å². The van der Waals surface area contributed by atoms with Gasteiger partial charge in [-0.3, -0.25) is 4.79 Å². The number of nitrogens with one attached hydrogen (secondary N) is 1. The number of nitrogens with zero attached hydrogens (tertiary/aromatic N) is 1. The highest BCUT2D eigenvalue weighted by Gasteiger charge is 2.36. The van der Waals surface area contributed by atoms with Crippen LogP contribution in [0, 0.1) is 12.8 Å². The van der Waals surface area contributed by atoms with Crippen LogP contribution >= 0.6 is 15.9 Å². The molecule has 0 radical (unpaired) electrons. The fraction of sp³-hybridized carbons (Fsp3) is 0.650. The molecule has 1 saturated heterocycles. The maximum absolute atomic E-state index is 13.0. The molecule has 1 aliphatic heterocycles. The SMILES string of the molecule is Cc1c(Br)cc(CN(C(=O)[C@@H]2CCCNC2)C2CC2)cc1CCCO. The highest BCUT2D eigenvalue weighted by molar-refractivity contribution is 9.10. The quantitative estimate of drug-likeness (QED) is 0.728. The van der Waals surface area contributed by atoms with Gasteiger partial charge < -0.3 is 15.3 Å². The van der Waals surface area contributed by atoms with Crippen LogP contribution in [0.25, 0.3) is 0 Å². The number of rotatable bonds is 7. The minimum absolute atomic E-state index is 0.136. The van der Waals surface area contributed by atoms with Crippen molar-refractivity contribution in [2.75, 3.05) is 19.7 Å². The van der Waals surface area contributed by atoms with E-state index in [9.17, 15) is 4.79 Å². The molecule has 2 N–H and O–H groups in total. The van der Waals surface area contributed by atoms with Crippen LogP contribution in [0.2, 0.25) is 0 Å². The first-order valence-electron chi connectivity index (χ1n) is 9.50. The third kappa shape index (κ3) is 4.83. The highest BCUT2D eigenvalue weighted by Crippen LogP contribution is 2.32.